The van der Waals surface area contributed by atoms with Crippen LogP contribution in [0.1, 0.15) is 25.7 Å². The van der Waals surface area contributed by atoms with Crippen LogP contribution in [-0.4, -0.2) is 26.5 Å². The molecule has 0 saturated carbocycles. The van der Waals surface area contributed by atoms with Gasteiger partial charge in [-0.15, -0.1) is 0 Å². The first-order chi connectivity index (χ1) is 11.0. The second-order valence-electron chi connectivity index (χ2n) is 6.52. The maximum atomic E-state index is 12.9. The van der Waals surface area contributed by atoms with Gasteiger partial charge in [-0.3, -0.25) is 0 Å². The van der Waals surface area contributed by atoms with E-state index in [1.54, 1.807) is 12.1 Å². The summed E-state index contributed by atoms with van der Waals surface area (Å²) < 4.78 is 28.7. The van der Waals surface area contributed by atoms with Gasteiger partial charge in [-0.1, -0.05) is 35.9 Å². The van der Waals surface area contributed by atoms with Crippen LogP contribution in [0.25, 0.3) is 10.8 Å². The van der Waals surface area contributed by atoms with Gasteiger partial charge in [-0.05, 0) is 37.8 Å². The SMILES string of the molecule is O=S(=O)(NC1CC2CCC(C1)N2)c1ccc(Cl)c2ccccc12. The molecule has 2 bridgehead atoms. The number of fused-ring (bicyclic) bond motifs is 3. The van der Waals surface area contributed by atoms with Crippen molar-refractivity contribution in [1.29, 1.82) is 0 Å². The third-order valence-corrected chi connectivity index (χ3v) is 6.82. The van der Waals surface area contributed by atoms with Crippen molar-refractivity contribution in [3.63, 3.8) is 0 Å². The molecule has 2 heterocycles. The lowest BCUT2D eigenvalue weighted by atomic mass is 10.0. The number of piperidine rings is 1. The molecule has 4 nitrogen and oxygen atoms in total. The van der Waals surface area contributed by atoms with Gasteiger partial charge in [-0.25, -0.2) is 13.1 Å². The molecule has 0 aromatic heterocycles. The van der Waals surface area contributed by atoms with Crippen molar-refractivity contribution in [2.75, 3.05) is 0 Å². The Balaban J connectivity index is 1.68. The molecule has 6 heteroatoms. The zero-order valence-corrected chi connectivity index (χ0v) is 14.2. The lowest BCUT2D eigenvalue weighted by Gasteiger charge is -2.29. The molecule has 2 aliphatic heterocycles. The minimum absolute atomic E-state index is 0.00758. The number of rotatable bonds is 3. The molecule has 2 aliphatic rings. The van der Waals surface area contributed by atoms with Crippen LogP contribution in [-0.2, 0) is 10.0 Å². The van der Waals surface area contributed by atoms with Crippen molar-refractivity contribution < 1.29 is 8.42 Å². The van der Waals surface area contributed by atoms with Gasteiger partial charge in [0, 0.05) is 33.9 Å². The van der Waals surface area contributed by atoms with E-state index < -0.39 is 10.0 Å². The van der Waals surface area contributed by atoms with Gasteiger partial charge in [0.25, 0.3) is 0 Å². The molecule has 2 N–H and O–H groups in total. The Labute approximate surface area is 141 Å². The van der Waals surface area contributed by atoms with Gasteiger partial charge in [0.15, 0.2) is 0 Å². The number of sulfonamides is 1. The van der Waals surface area contributed by atoms with Crippen LogP contribution >= 0.6 is 11.6 Å². The van der Waals surface area contributed by atoms with Gasteiger partial charge in [0.1, 0.15) is 0 Å². The highest BCUT2D eigenvalue weighted by Gasteiger charge is 2.35. The van der Waals surface area contributed by atoms with Crippen LogP contribution in [0.3, 0.4) is 0 Å². The quantitative estimate of drug-likeness (QED) is 0.894. The molecule has 122 valence electrons. The summed E-state index contributed by atoms with van der Waals surface area (Å²) in [6.07, 6.45) is 4.02. The zero-order valence-electron chi connectivity index (χ0n) is 12.6. The average Bonchev–Trinajstić information content (AvgIpc) is 2.86. The summed E-state index contributed by atoms with van der Waals surface area (Å²) in [6, 6.07) is 11.5. The van der Waals surface area contributed by atoms with E-state index in [-0.39, 0.29) is 6.04 Å². The second kappa shape index (κ2) is 5.74. The maximum absolute atomic E-state index is 12.9. The van der Waals surface area contributed by atoms with E-state index in [4.69, 9.17) is 11.6 Å². The standard InChI is InChI=1S/C17H19ClN2O2S/c18-16-7-8-17(15-4-2-1-3-14(15)16)23(21,22)20-13-9-11-5-6-12(10-13)19-11/h1-4,7-8,11-13,19-20H,5-6,9-10H2. The maximum Gasteiger partial charge on any atom is 0.241 e. The fourth-order valence-corrected chi connectivity index (χ4v) is 5.61. The Morgan fingerprint density at radius 2 is 1.65 bits per heavy atom. The first-order valence-electron chi connectivity index (χ1n) is 7.98. The molecule has 2 unspecified atom stereocenters. The molecular formula is C17H19ClN2O2S. The monoisotopic (exact) mass is 350 g/mol. The Kier molecular flexibility index (Phi) is 3.84. The molecule has 4 rings (SSSR count). The molecule has 2 atom stereocenters. The van der Waals surface area contributed by atoms with E-state index >= 15 is 0 Å². The summed E-state index contributed by atoms with van der Waals surface area (Å²) in [6.45, 7) is 0. The van der Waals surface area contributed by atoms with Crippen LogP contribution in [0.5, 0.6) is 0 Å². The Hall–Kier alpha value is -1.14. The third-order valence-electron chi connectivity index (χ3n) is 4.92. The molecule has 2 aromatic rings. The van der Waals surface area contributed by atoms with Gasteiger partial charge >= 0.3 is 0 Å². The first-order valence-corrected chi connectivity index (χ1v) is 9.85. The Morgan fingerprint density at radius 3 is 2.35 bits per heavy atom. The molecule has 0 aliphatic carbocycles. The average molecular weight is 351 g/mol. The predicted octanol–water partition coefficient (Wildman–Crippen LogP) is 3.05. The number of nitrogens with one attached hydrogen (secondary N) is 2. The largest absolute Gasteiger partial charge is 0.311 e. The summed E-state index contributed by atoms with van der Waals surface area (Å²) in [7, 11) is -3.56. The summed E-state index contributed by atoms with van der Waals surface area (Å²) in [4.78, 5) is 0.309. The Morgan fingerprint density at radius 1 is 1.00 bits per heavy atom. The summed E-state index contributed by atoms with van der Waals surface area (Å²) in [5.41, 5.74) is 0. The number of hydrogen-bond donors (Lipinski definition) is 2. The van der Waals surface area contributed by atoms with E-state index in [0.29, 0.717) is 27.4 Å². The minimum Gasteiger partial charge on any atom is -0.311 e. The molecule has 0 spiro atoms. The highest BCUT2D eigenvalue weighted by atomic mass is 35.5. The highest BCUT2D eigenvalue weighted by molar-refractivity contribution is 7.89. The summed E-state index contributed by atoms with van der Waals surface area (Å²) in [5, 5.41) is 5.54. The second-order valence-corrected chi connectivity index (χ2v) is 8.61. The molecule has 2 saturated heterocycles. The smallest absolute Gasteiger partial charge is 0.241 e. The number of benzene rings is 2. The normalized spacial score (nSPS) is 27.4. The topological polar surface area (TPSA) is 58.2 Å². The van der Waals surface area contributed by atoms with Crippen molar-refractivity contribution in [1.82, 2.24) is 10.0 Å². The first kappa shape index (κ1) is 15.4. The molecule has 23 heavy (non-hydrogen) atoms. The third kappa shape index (κ3) is 2.87. The van der Waals surface area contributed by atoms with E-state index in [2.05, 4.69) is 10.0 Å². The van der Waals surface area contributed by atoms with Crippen molar-refractivity contribution >= 4 is 32.4 Å². The fraction of sp³-hybridized carbons (Fsp3) is 0.412. The fourth-order valence-electron chi connectivity index (χ4n) is 3.91. The van der Waals surface area contributed by atoms with Crippen molar-refractivity contribution in [3.8, 4) is 0 Å². The lowest BCUT2D eigenvalue weighted by Crippen LogP contribution is -2.47. The Bertz CT molecular complexity index is 841. The van der Waals surface area contributed by atoms with Crippen LogP contribution in [0.15, 0.2) is 41.3 Å². The lowest BCUT2D eigenvalue weighted by molar-refractivity contribution is 0.345. The highest BCUT2D eigenvalue weighted by Crippen LogP contribution is 2.31. The molecule has 2 aromatic carbocycles. The van der Waals surface area contributed by atoms with Crippen LogP contribution in [0.2, 0.25) is 5.02 Å². The van der Waals surface area contributed by atoms with Crippen molar-refractivity contribution in [2.24, 2.45) is 0 Å². The van der Waals surface area contributed by atoms with E-state index in [9.17, 15) is 8.42 Å². The predicted molar refractivity (Wildman–Crippen MR) is 92.2 cm³/mol. The molecular weight excluding hydrogens is 332 g/mol. The van der Waals surface area contributed by atoms with E-state index in [1.165, 1.54) is 0 Å². The number of halogens is 1. The summed E-state index contributed by atoms with van der Waals surface area (Å²) >= 11 is 6.19. The van der Waals surface area contributed by atoms with E-state index in [0.717, 1.165) is 31.1 Å². The van der Waals surface area contributed by atoms with Gasteiger partial charge < -0.3 is 5.32 Å². The van der Waals surface area contributed by atoms with Crippen molar-refractivity contribution in [3.05, 3.63) is 41.4 Å². The van der Waals surface area contributed by atoms with Crippen LogP contribution in [0, 0.1) is 0 Å². The van der Waals surface area contributed by atoms with Crippen LogP contribution < -0.4 is 10.0 Å². The number of hydrogen-bond acceptors (Lipinski definition) is 3. The van der Waals surface area contributed by atoms with Gasteiger partial charge in [0.2, 0.25) is 10.0 Å². The summed E-state index contributed by atoms with van der Waals surface area (Å²) in [5.74, 6) is 0. The zero-order chi connectivity index (χ0) is 16.0. The van der Waals surface area contributed by atoms with E-state index in [1.807, 2.05) is 24.3 Å². The van der Waals surface area contributed by atoms with Gasteiger partial charge in [-0.2, -0.15) is 0 Å². The van der Waals surface area contributed by atoms with Crippen molar-refractivity contribution in [2.45, 2.75) is 48.7 Å². The molecule has 0 radical (unpaired) electrons. The minimum atomic E-state index is -3.56. The van der Waals surface area contributed by atoms with Crippen LogP contribution in [0.4, 0.5) is 0 Å². The molecule has 0 amide bonds. The molecule has 2 fully saturated rings. The van der Waals surface area contributed by atoms with Gasteiger partial charge in [0.05, 0.1) is 4.90 Å².